The average Bonchev–Trinajstić information content (AvgIpc) is 3.24. The number of nitrogens with one attached hydrogen (secondary N) is 3. The van der Waals surface area contributed by atoms with Crippen molar-refractivity contribution in [1.29, 1.82) is 0 Å². The Balaban J connectivity index is 1.41. The first-order valence-electron chi connectivity index (χ1n) is 11.4. The molecule has 2 bridgehead atoms. The molecule has 7 heteroatoms. The quantitative estimate of drug-likeness (QED) is 0.694. The zero-order chi connectivity index (χ0) is 19.8. The molecule has 3 N–H and O–H groups in total. The Hall–Kier alpha value is -1.86. The van der Waals surface area contributed by atoms with Gasteiger partial charge >= 0.3 is 0 Å². The fourth-order valence-corrected chi connectivity index (χ4v) is 5.40. The van der Waals surface area contributed by atoms with Crippen LogP contribution >= 0.6 is 0 Å². The summed E-state index contributed by atoms with van der Waals surface area (Å²) in [5.74, 6) is 4.76. The van der Waals surface area contributed by atoms with Gasteiger partial charge in [0.25, 0.3) is 0 Å². The number of fused-ring (bicyclic) bond motifs is 3. The molecule has 0 amide bonds. The molecule has 2 aliphatic heterocycles. The van der Waals surface area contributed by atoms with E-state index < -0.39 is 0 Å². The van der Waals surface area contributed by atoms with E-state index in [2.05, 4.69) is 41.0 Å². The predicted octanol–water partition coefficient (Wildman–Crippen LogP) is 3.10. The number of piperidine rings is 1. The second-order valence-electron chi connectivity index (χ2n) is 9.35. The van der Waals surface area contributed by atoms with Gasteiger partial charge in [0.15, 0.2) is 5.65 Å². The van der Waals surface area contributed by atoms with Crippen LogP contribution in [0.1, 0.15) is 51.0 Å². The van der Waals surface area contributed by atoms with E-state index in [0.717, 1.165) is 67.6 Å². The number of ether oxygens (including phenoxy) is 1. The molecule has 2 aromatic heterocycles. The molecule has 2 atom stereocenters. The van der Waals surface area contributed by atoms with Crippen LogP contribution in [-0.2, 0) is 4.74 Å². The third-order valence-corrected chi connectivity index (χ3v) is 7.15. The minimum atomic E-state index is 0.395. The summed E-state index contributed by atoms with van der Waals surface area (Å²) in [6.45, 7) is 9.42. The van der Waals surface area contributed by atoms with Crippen LogP contribution in [0.4, 0.5) is 11.6 Å². The summed E-state index contributed by atoms with van der Waals surface area (Å²) in [7, 11) is 0. The number of hydrogen-bond donors (Lipinski definition) is 3. The second kappa shape index (κ2) is 8.11. The van der Waals surface area contributed by atoms with Crippen molar-refractivity contribution < 1.29 is 4.74 Å². The lowest BCUT2D eigenvalue weighted by Crippen LogP contribution is -2.41. The van der Waals surface area contributed by atoms with Crippen LogP contribution in [0.3, 0.4) is 0 Å². The highest BCUT2D eigenvalue weighted by Crippen LogP contribution is 2.39. The molecule has 2 unspecified atom stereocenters. The summed E-state index contributed by atoms with van der Waals surface area (Å²) < 4.78 is 7.50. The topological polar surface area (TPSA) is 75.5 Å². The molecule has 0 aromatic carbocycles. The minimum absolute atomic E-state index is 0.395. The van der Waals surface area contributed by atoms with Gasteiger partial charge in [0, 0.05) is 37.4 Å². The van der Waals surface area contributed by atoms with Crippen LogP contribution in [0, 0.1) is 17.8 Å². The summed E-state index contributed by atoms with van der Waals surface area (Å²) >= 11 is 0. The first kappa shape index (κ1) is 19.1. The van der Waals surface area contributed by atoms with Crippen molar-refractivity contribution in [3.63, 3.8) is 0 Å². The monoisotopic (exact) mass is 398 g/mol. The fourth-order valence-electron chi connectivity index (χ4n) is 5.40. The van der Waals surface area contributed by atoms with Gasteiger partial charge in [0.1, 0.15) is 11.6 Å². The average molecular weight is 399 g/mol. The molecule has 29 heavy (non-hydrogen) atoms. The van der Waals surface area contributed by atoms with Crippen molar-refractivity contribution in [2.75, 3.05) is 43.5 Å². The van der Waals surface area contributed by atoms with Crippen molar-refractivity contribution in [2.45, 2.75) is 51.5 Å². The molecule has 0 spiro atoms. The number of nitrogens with zero attached hydrogens (tertiary/aromatic N) is 3. The number of anilines is 2. The maximum Gasteiger partial charge on any atom is 0.163 e. The van der Waals surface area contributed by atoms with Crippen LogP contribution in [0.15, 0.2) is 12.3 Å². The van der Waals surface area contributed by atoms with E-state index in [4.69, 9.17) is 9.72 Å². The normalized spacial score (nSPS) is 27.6. The van der Waals surface area contributed by atoms with Gasteiger partial charge in [-0.05, 0) is 62.4 Å². The molecule has 5 rings (SSSR count). The Bertz CT molecular complexity index is 827. The maximum atomic E-state index is 5.51. The zero-order valence-corrected chi connectivity index (χ0v) is 17.7. The molecule has 2 aromatic rings. The number of aromatic nitrogens is 3. The van der Waals surface area contributed by atoms with Gasteiger partial charge < -0.3 is 20.7 Å². The van der Waals surface area contributed by atoms with Gasteiger partial charge in [-0.15, -0.1) is 0 Å². The highest BCUT2D eigenvalue weighted by Gasteiger charge is 2.38. The Labute approximate surface area is 173 Å². The Kier molecular flexibility index (Phi) is 5.35. The van der Waals surface area contributed by atoms with E-state index in [9.17, 15) is 0 Å². The SMILES string of the molecule is CC(C)c1cnn2c(NCC3C4CCC3CNC4)cc(NC3CCOCC3)nc12. The summed E-state index contributed by atoms with van der Waals surface area (Å²) in [6, 6.07) is 2.57. The standard InChI is InChI=1S/C22H34N6O/c1-14(2)18-13-25-28-21(24-12-19-15-3-4-16(19)11-23-10-15)9-20(27-22(18)28)26-17-5-7-29-8-6-17/h9,13-17,19,23-24H,3-8,10-12H2,1-2H3,(H,26,27). The largest absolute Gasteiger partial charge is 0.381 e. The van der Waals surface area contributed by atoms with Gasteiger partial charge in [-0.25, -0.2) is 4.98 Å². The fraction of sp³-hybridized carbons (Fsp3) is 0.727. The third kappa shape index (κ3) is 3.82. The first-order chi connectivity index (χ1) is 14.2. The smallest absolute Gasteiger partial charge is 0.163 e. The van der Waals surface area contributed by atoms with E-state index in [1.54, 1.807) is 0 Å². The van der Waals surface area contributed by atoms with Crippen LogP contribution in [-0.4, -0.2) is 53.5 Å². The molecule has 4 heterocycles. The Morgan fingerprint density at radius 2 is 1.93 bits per heavy atom. The van der Waals surface area contributed by atoms with E-state index in [0.29, 0.717) is 12.0 Å². The predicted molar refractivity (Wildman–Crippen MR) is 116 cm³/mol. The highest BCUT2D eigenvalue weighted by molar-refractivity contribution is 5.61. The molecule has 2 saturated heterocycles. The number of rotatable bonds is 6. The summed E-state index contributed by atoms with van der Waals surface area (Å²) in [5, 5.41) is 15.7. The first-order valence-corrected chi connectivity index (χ1v) is 11.4. The van der Waals surface area contributed by atoms with Gasteiger partial charge in [-0.1, -0.05) is 13.8 Å². The molecule has 1 aliphatic carbocycles. The van der Waals surface area contributed by atoms with Crippen LogP contribution in [0.25, 0.3) is 5.65 Å². The van der Waals surface area contributed by atoms with Crippen LogP contribution < -0.4 is 16.0 Å². The van der Waals surface area contributed by atoms with Crippen LogP contribution in [0.2, 0.25) is 0 Å². The lowest BCUT2D eigenvalue weighted by molar-refractivity contribution is 0.0904. The molecule has 7 nitrogen and oxygen atoms in total. The van der Waals surface area contributed by atoms with E-state index in [1.807, 2.05) is 10.7 Å². The third-order valence-electron chi connectivity index (χ3n) is 7.15. The molecule has 0 radical (unpaired) electrons. The Morgan fingerprint density at radius 3 is 2.66 bits per heavy atom. The van der Waals surface area contributed by atoms with E-state index in [-0.39, 0.29) is 0 Å². The molecule has 3 fully saturated rings. The highest BCUT2D eigenvalue weighted by atomic mass is 16.5. The molecule has 1 saturated carbocycles. The minimum Gasteiger partial charge on any atom is -0.381 e. The van der Waals surface area contributed by atoms with Crippen LogP contribution in [0.5, 0.6) is 0 Å². The lowest BCUT2D eigenvalue weighted by Gasteiger charge is -2.31. The molecular weight excluding hydrogens is 364 g/mol. The Morgan fingerprint density at radius 1 is 1.17 bits per heavy atom. The molecule has 3 aliphatic rings. The maximum absolute atomic E-state index is 5.51. The van der Waals surface area contributed by atoms with Crippen molar-refractivity contribution in [1.82, 2.24) is 19.9 Å². The number of hydrogen-bond acceptors (Lipinski definition) is 6. The van der Waals surface area contributed by atoms with Gasteiger partial charge in [-0.3, -0.25) is 0 Å². The van der Waals surface area contributed by atoms with Crippen molar-refractivity contribution >= 4 is 17.3 Å². The lowest BCUT2D eigenvalue weighted by atomic mass is 9.86. The molecule has 158 valence electrons. The summed E-state index contributed by atoms with van der Waals surface area (Å²) in [5.41, 5.74) is 2.17. The van der Waals surface area contributed by atoms with E-state index in [1.165, 1.54) is 31.5 Å². The second-order valence-corrected chi connectivity index (χ2v) is 9.35. The summed E-state index contributed by atoms with van der Waals surface area (Å²) in [4.78, 5) is 4.95. The molecular formula is C22H34N6O. The summed E-state index contributed by atoms with van der Waals surface area (Å²) in [6.07, 6.45) is 6.77. The van der Waals surface area contributed by atoms with Gasteiger partial charge in [0.05, 0.1) is 6.20 Å². The van der Waals surface area contributed by atoms with Gasteiger partial charge in [-0.2, -0.15) is 9.61 Å². The van der Waals surface area contributed by atoms with Crippen molar-refractivity contribution in [3.05, 3.63) is 17.8 Å². The van der Waals surface area contributed by atoms with Gasteiger partial charge in [0.2, 0.25) is 0 Å². The van der Waals surface area contributed by atoms with Crippen molar-refractivity contribution in [3.8, 4) is 0 Å². The zero-order valence-electron chi connectivity index (χ0n) is 17.7. The van der Waals surface area contributed by atoms with E-state index >= 15 is 0 Å². The van der Waals surface area contributed by atoms with Crippen molar-refractivity contribution in [2.24, 2.45) is 17.8 Å².